The maximum atomic E-state index is 12.0. The minimum absolute atomic E-state index is 0.262. The van der Waals surface area contributed by atoms with Crippen LogP contribution < -0.4 is 5.73 Å². The van der Waals surface area contributed by atoms with Gasteiger partial charge in [0.05, 0.1) is 12.2 Å². The van der Waals surface area contributed by atoms with Gasteiger partial charge in [-0.3, -0.25) is 0 Å². The third-order valence-corrected chi connectivity index (χ3v) is 3.28. The highest BCUT2D eigenvalue weighted by atomic mass is 16.5. The van der Waals surface area contributed by atoms with Gasteiger partial charge in [-0.05, 0) is 49.1 Å². The summed E-state index contributed by atoms with van der Waals surface area (Å²) in [6.07, 6.45) is 2.52. The highest BCUT2D eigenvalue weighted by Crippen LogP contribution is 2.08. The molecule has 0 bridgehead atoms. The zero-order chi connectivity index (χ0) is 14.9. The molecule has 3 heteroatoms. The minimum Gasteiger partial charge on any atom is -0.462 e. The number of ether oxygens (including phenoxy) is 1. The average molecular weight is 283 g/mol. The summed E-state index contributed by atoms with van der Waals surface area (Å²) in [5.41, 5.74) is 8.45. The van der Waals surface area contributed by atoms with Crippen molar-refractivity contribution in [3.05, 3.63) is 71.3 Å². The van der Waals surface area contributed by atoms with Gasteiger partial charge in [0.15, 0.2) is 0 Å². The van der Waals surface area contributed by atoms with E-state index in [9.17, 15) is 4.79 Å². The first-order chi connectivity index (χ1) is 10.3. The fourth-order valence-electron chi connectivity index (χ4n) is 2.19. The fraction of sp³-hybridized carbons (Fsp3) is 0.278. The van der Waals surface area contributed by atoms with E-state index in [1.54, 1.807) is 6.07 Å². The van der Waals surface area contributed by atoms with Gasteiger partial charge in [0.1, 0.15) is 0 Å². The van der Waals surface area contributed by atoms with Crippen molar-refractivity contribution in [1.29, 1.82) is 0 Å². The molecule has 0 saturated heterocycles. The predicted molar refractivity (Wildman–Crippen MR) is 84.2 cm³/mol. The van der Waals surface area contributed by atoms with Crippen LogP contribution in [0, 0.1) is 0 Å². The second kappa shape index (κ2) is 8.22. The Labute approximate surface area is 125 Å². The number of benzene rings is 2. The van der Waals surface area contributed by atoms with E-state index in [1.807, 2.05) is 36.4 Å². The quantitative estimate of drug-likeness (QED) is 0.628. The van der Waals surface area contributed by atoms with Crippen molar-refractivity contribution in [2.75, 3.05) is 13.2 Å². The van der Waals surface area contributed by atoms with Crippen LogP contribution in [0.25, 0.3) is 0 Å². The van der Waals surface area contributed by atoms with Crippen LogP contribution in [0.15, 0.2) is 54.6 Å². The lowest BCUT2D eigenvalue weighted by atomic mass is 10.1. The van der Waals surface area contributed by atoms with Crippen LogP contribution in [0.3, 0.4) is 0 Å². The molecule has 0 atom stereocenters. The lowest BCUT2D eigenvalue weighted by molar-refractivity contribution is 0.0500. The molecule has 2 aromatic carbocycles. The molecule has 3 nitrogen and oxygen atoms in total. The normalized spacial score (nSPS) is 10.3. The maximum absolute atomic E-state index is 12.0. The van der Waals surface area contributed by atoms with Crippen LogP contribution >= 0.6 is 0 Å². The van der Waals surface area contributed by atoms with Crippen LogP contribution in [-0.2, 0) is 17.6 Å². The van der Waals surface area contributed by atoms with Crippen molar-refractivity contribution < 1.29 is 9.53 Å². The Morgan fingerprint density at radius 1 is 0.952 bits per heavy atom. The van der Waals surface area contributed by atoms with Crippen LogP contribution in [0.5, 0.6) is 0 Å². The monoisotopic (exact) mass is 283 g/mol. The highest BCUT2D eigenvalue weighted by molar-refractivity contribution is 5.89. The van der Waals surface area contributed by atoms with E-state index in [0.717, 1.165) is 24.8 Å². The molecule has 0 aromatic heterocycles. The zero-order valence-corrected chi connectivity index (χ0v) is 12.1. The van der Waals surface area contributed by atoms with Crippen LogP contribution in [0.1, 0.15) is 27.9 Å². The molecule has 2 rings (SSSR count). The van der Waals surface area contributed by atoms with Crippen molar-refractivity contribution in [3.8, 4) is 0 Å². The number of esters is 1. The van der Waals surface area contributed by atoms with Crippen molar-refractivity contribution >= 4 is 5.97 Å². The Morgan fingerprint density at radius 2 is 1.71 bits per heavy atom. The summed E-state index contributed by atoms with van der Waals surface area (Å²) >= 11 is 0. The third-order valence-electron chi connectivity index (χ3n) is 3.28. The zero-order valence-electron chi connectivity index (χ0n) is 12.1. The first-order valence-corrected chi connectivity index (χ1v) is 7.29. The molecule has 0 aliphatic carbocycles. The Morgan fingerprint density at radius 3 is 2.48 bits per heavy atom. The summed E-state index contributed by atoms with van der Waals surface area (Å²) in [6, 6.07) is 17.7. The first kappa shape index (κ1) is 15.3. The molecule has 0 saturated carbocycles. The molecule has 2 aromatic rings. The van der Waals surface area contributed by atoms with Gasteiger partial charge >= 0.3 is 5.97 Å². The highest BCUT2D eigenvalue weighted by Gasteiger charge is 2.07. The number of hydrogen-bond donors (Lipinski definition) is 1. The summed E-state index contributed by atoms with van der Waals surface area (Å²) in [4.78, 5) is 12.0. The van der Waals surface area contributed by atoms with Gasteiger partial charge in [-0.2, -0.15) is 0 Å². The number of hydrogen-bond acceptors (Lipinski definition) is 3. The molecule has 0 unspecified atom stereocenters. The van der Waals surface area contributed by atoms with Gasteiger partial charge in [0.2, 0.25) is 0 Å². The van der Waals surface area contributed by atoms with E-state index >= 15 is 0 Å². The number of carbonyl (C=O) groups is 1. The second-order valence-electron chi connectivity index (χ2n) is 4.96. The first-order valence-electron chi connectivity index (χ1n) is 7.29. The number of aryl methyl sites for hydroxylation is 1. The van der Waals surface area contributed by atoms with Gasteiger partial charge in [-0.15, -0.1) is 0 Å². The van der Waals surface area contributed by atoms with Crippen molar-refractivity contribution in [2.45, 2.75) is 19.3 Å². The van der Waals surface area contributed by atoms with Gasteiger partial charge in [0.25, 0.3) is 0 Å². The van der Waals surface area contributed by atoms with E-state index in [0.29, 0.717) is 18.7 Å². The Bertz CT molecular complexity index is 566. The molecule has 0 aliphatic heterocycles. The number of nitrogens with two attached hydrogens (primary N) is 1. The number of rotatable bonds is 7. The van der Waals surface area contributed by atoms with Gasteiger partial charge in [0, 0.05) is 0 Å². The van der Waals surface area contributed by atoms with Crippen LogP contribution in [0.2, 0.25) is 0 Å². The Hall–Kier alpha value is -2.13. The largest absolute Gasteiger partial charge is 0.462 e. The Kier molecular flexibility index (Phi) is 5.98. The number of carbonyl (C=O) groups excluding carboxylic acids is 1. The summed E-state index contributed by atoms with van der Waals surface area (Å²) in [5.74, 6) is -0.262. The minimum atomic E-state index is -0.262. The van der Waals surface area contributed by atoms with Gasteiger partial charge in [-0.1, -0.05) is 42.5 Å². The summed E-state index contributed by atoms with van der Waals surface area (Å²) < 4.78 is 5.31. The average Bonchev–Trinajstić information content (AvgIpc) is 2.53. The lowest BCUT2D eigenvalue weighted by Crippen LogP contribution is -2.08. The maximum Gasteiger partial charge on any atom is 0.338 e. The van der Waals surface area contributed by atoms with E-state index < -0.39 is 0 Å². The van der Waals surface area contributed by atoms with Crippen molar-refractivity contribution in [2.24, 2.45) is 5.73 Å². The van der Waals surface area contributed by atoms with Gasteiger partial charge in [-0.25, -0.2) is 4.79 Å². The molecular weight excluding hydrogens is 262 g/mol. The molecule has 0 radical (unpaired) electrons. The van der Waals surface area contributed by atoms with E-state index in [1.165, 1.54) is 5.56 Å². The summed E-state index contributed by atoms with van der Waals surface area (Å²) in [5, 5.41) is 0. The Balaban J connectivity index is 1.78. The molecule has 110 valence electrons. The summed E-state index contributed by atoms with van der Waals surface area (Å²) in [7, 11) is 0. The second-order valence-corrected chi connectivity index (χ2v) is 4.96. The van der Waals surface area contributed by atoms with Gasteiger partial charge < -0.3 is 10.5 Å². The topological polar surface area (TPSA) is 52.3 Å². The standard InChI is InChI=1S/C18H21NO2/c19-12-11-16-8-4-10-17(14-16)18(20)21-13-5-9-15-6-2-1-3-7-15/h1-4,6-8,10,14H,5,9,11-13,19H2. The van der Waals surface area contributed by atoms with E-state index in [4.69, 9.17) is 10.5 Å². The smallest absolute Gasteiger partial charge is 0.338 e. The fourth-order valence-corrected chi connectivity index (χ4v) is 2.19. The molecular formula is C18H21NO2. The van der Waals surface area contributed by atoms with Crippen LogP contribution in [-0.4, -0.2) is 19.1 Å². The molecule has 0 aliphatic rings. The van der Waals surface area contributed by atoms with Crippen LogP contribution in [0.4, 0.5) is 0 Å². The molecule has 21 heavy (non-hydrogen) atoms. The third kappa shape index (κ3) is 5.04. The molecule has 0 spiro atoms. The van der Waals surface area contributed by atoms with E-state index in [2.05, 4.69) is 12.1 Å². The summed E-state index contributed by atoms with van der Waals surface area (Å²) in [6.45, 7) is 1.02. The molecule has 0 fully saturated rings. The van der Waals surface area contributed by atoms with Crippen molar-refractivity contribution in [1.82, 2.24) is 0 Å². The van der Waals surface area contributed by atoms with E-state index in [-0.39, 0.29) is 5.97 Å². The predicted octanol–water partition coefficient (Wildman–Crippen LogP) is 2.98. The molecule has 0 heterocycles. The molecule has 2 N–H and O–H groups in total. The molecule has 0 amide bonds. The lowest BCUT2D eigenvalue weighted by Gasteiger charge is -2.06. The SMILES string of the molecule is NCCc1cccc(C(=O)OCCCc2ccccc2)c1. The van der Waals surface area contributed by atoms with Crippen molar-refractivity contribution in [3.63, 3.8) is 0 Å².